The van der Waals surface area contributed by atoms with Crippen molar-refractivity contribution in [3.8, 4) is 0 Å². The second kappa shape index (κ2) is 13.6. The number of nitrogens with zero attached hydrogens (tertiary/aromatic N) is 2. The summed E-state index contributed by atoms with van der Waals surface area (Å²) >= 11 is 0. The van der Waals surface area contributed by atoms with E-state index in [1.165, 1.54) is 5.56 Å². The van der Waals surface area contributed by atoms with Gasteiger partial charge in [-0.05, 0) is 44.4 Å². The Bertz CT molecular complexity index is 865. The number of alkyl halides is 6. The van der Waals surface area contributed by atoms with E-state index in [1.807, 2.05) is 26.2 Å². The van der Waals surface area contributed by atoms with Crippen LogP contribution in [0, 0.1) is 11.3 Å². The fraction of sp³-hybridized carbons (Fsp3) is 0.636. The summed E-state index contributed by atoms with van der Waals surface area (Å²) in [5.41, 5.74) is 1.33. The van der Waals surface area contributed by atoms with E-state index in [9.17, 15) is 31.1 Å². The van der Waals surface area contributed by atoms with Gasteiger partial charge in [0, 0.05) is 56.7 Å². The molecule has 0 bridgehead atoms. The maximum Gasteiger partial charge on any atom is 0.490 e. The third-order valence-corrected chi connectivity index (χ3v) is 5.60. The fourth-order valence-electron chi connectivity index (χ4n) is 3.97. The molecular weight excluding hydrogens is 516 g/mol. The van der Waals surface area contributed by atoms with Crippen molar-refractivity contribution in [3.05, 3.63) is 30.1 Å². The average Bonchev–Trinajstić information content (AvgIpc) is 3.11. The Morgan fingerprint density at radius 1 is 1.05 bits per heavy atom. The van der Waals surface area contributed by atoms with E-state index in [2.05, 4.69) is 27.3 Å². The number of carboxylic acids is 2. The van der Waals surface area contributed by atoms with Crippen LogP contribution in [0.5, 0.6) is 0 Å². The van der Waals surface area contributed by atoms with Crippen molar-refractivity contribution in [3.63, 3.8) is 0 Å². The van der Waals surface area contributed by atoms with Crippen LogP contribution < -0.4 is 5.32 Å². The summed E-state index contributed by atoms with van der Waals surface area (Å²) in [5, 5.41) is 17.4. The molecule has 0 saturated carbocycles. The van der Waals surface area contributed by atoms with Gasteiger partial charge in [-0.2, -0.15) is 26.3 Å². The van der Waals surface area contributed by atoms with Crippen molar-refractivity contribution in [2.45, 2.75) is 51.6 Å². The van der Waals surface area contributed by atoms with Gasteiger partial charge in [-0.25, -0.2) is 9.59 Å². The molecule has 1 unspecified atom stereocenters. The molecule has 1 spiro atoms. The molecule has 210 valence electrons. The van der Waals surface area contributed by atoms with Gasteiger partial charge in [0.2, 0.25) is 5.91 Å². The first-order chi connectivity index (χ1) is 17.0. The number of amides is 1. The van der Waals surface area contributed by atoms with E-state index in [0.717, 1.165) is 45.7 Å². The van der Waals surface area contributed by atoms with Crippen molar-refractivity contribution >= 4 is 17.8 Å². The summed E-state index contributed by atoms with van der Waals surface area (Å²) in [5.74, 6) is -5.24. The largest absolute Gasteiger partial charge is 0.490 e. The number of aliphatic carboxylic acids is 2. The number of aromatic nitrogens is 1. The summed E-state index contributed by atoms with van der Waals surface area (Å²) < 4.78 is 69.0. The molecule has 1 amide bonds. The third kappa shape index (κ3) is 10.9. The second-order valence-electron chi connectivity index (χ2n) is 8.82. The van der Waals surface area contributed by atoms with E-state index in [1.54, 1.807) is 0 Å². The zero-order chi connectivity index (χ0) is 28.4. The molecule has 3 heterocycles. The van der Waals surface area contributed by atoms with Crippen LogP contribution in [0.15, 0.2) is 24.5 Å². The number of ether oxygens (including phenoxy) is 1. The minimum atomic E-state index is -5.08. The summed E-state index contributed by atoms with van der Waals surface area (Å²) in [6.45, 7) is 8.30. The maximum absolute atomic E-state index is 12.7. The van der Waals surface area contributed by atoms with Crippen LogP contribution in [0.25, 0.3) is 0 Å². The normalized spacial score (nSPS) is 19.3. The van der Waals surface area contributed by atoms with Crippen LogP contribution >= 0.6 is 0 Å². The van der Waals surface area contributed by atoms with E-state index < -0.39 is 24.3 Å². The molecular formula is C22H29F6N3O6. The molecule has 2 aliphatic heterocycles. The number of halogens is 6. The van der Waals surface area contributed by atoms with Crippen LogP contribution in [0.1, 0.15) is 32.3 Å². The molecule has 15 heteroatoms. The van der Waals surface area contributed by atoms with Gasteiger partial charge in [0.25, 0.3) is 0 Å². The average molecular weight is 545 g/mol. The minimum absolute atomic E-state index is 0.0654. The van der Waals surface area contributed by atoms with Gasteiger partial charge in [-0.15, -0.1) is 0 Å². The summed E-state index contributed by atoms with van der Waals surface area (Å²) in [7, 11) is 0. The Kier molecular flexibility index (Phi) is 11.8. The number of nitrogens with one attached hydrogen (secondary N) is 1. The van der Waals surface area contributed by atoms with E-state index >= 15 is 0 Å². The predicted molar refractivity (Wildman–Crippen MR) is 116 cm³/mol. The number of pyridine rings is 1. The van der Waals surface area contributed by atoms with Crippen molar-refractivity contribution in [1.82, 2.24) is 15.2 Å². The van der Waals surface area contributed by atoms with Crippen LogP contribution in [0.4, 0.5) is 26.3 Å². The highest BCUT2D eigenvalue weighted by Crippen LogP contribution is 2.44. The van der Waals surface area contributed by atoms with Gasteiger partial charge < -0.3 is 20.3 Å². The summed E-state index contributed by atoms with van der Waals surface area (Å²) in [4.78, 5) is 37.0. The van der Waals surface area contributed by atoms with Gasteiger partial charge in [0.1, 0.15) is 0 Å². The first-order valence-electron chi connectivity index (χ1n) is 11.1. The number of carboxylic acid groups (broad SMARTS) is 2. The Morgan fingerprint density at radius 2 is 1.51 bits per heavy atom. The molecule has 1 aromatic rings. The molecule has 0 aliphatic carbocycles. The van der Waals surface area contributed by atoms with Gasteiger partial charge in [0.05, 0.1) is 5.92 Å². The predicted octanol–water partition coefficient (Wildman–Crippen LogP) is 3.10. The summed E-state index contributed by atoms with van der Waals surface area (Å²) in [6.07, 6.45) is -4.54. The molecule has 1 atom stereocenters. The number of carbonyl (C=O) groups excluding carboxylic acids is 1. The van der Waals surface area contributed by atoms with Gasteiger partial charge in [0.15, 0.2) is 0 Å². The first-order valence-corrected chi connectivity index (χ1v) is 11.1. The Hall–Kier alpha value is -2.94. The second-order valence-corrected chi connectivity index (χ2v) is 8.82. The molecule has 2 aliphatic rings. The Labute approximate surface area is 208 Å². The van der Waals surface area contributed by atoms with Gasteiger partial charge in [-0.3, -0.25) is 14.7 Å². The lowest BCUT2D eigenvalue weighted by atomic mass is 9.71. The maximum atomic E-state index is 12.7. The molecule has 3 rings (SSSR count). The highest BCUT2D eigenvalue weighted by atomic mass is 19.4. The highest BCUT2D eigenvalue weighted by Gasteiger charge is 2.50. The highest BCUT2D eigenvalue weighted by molar-refractivity contribution is 5.80. The SMILES string of the molecule is CC(C)NC(=O)C1CN(Cc2ccncc2)CC12CCOCC2.O=C(O)C(F)(F)F.O=C(O)C(F)(F)F. The quantitative estimate of drug-likeness (QED) is 0.493. The van der Waals surface area contributed by atoms with Crippen LogP contribution in [0.2, 0.25) is 0 Å². The standard InChI is InChI=1S/C18H27N3O2.2C2HF3O2/c1-14(2)20-17(22)16-12-21(11-15-3-7-19-8-4-15)13-18(16)5-9-23-10-6-18;2*3-2(4,5)1(6)7/h3-4,7-8,14,16H,5-6,9-13H2,1-2H3,(H,20,22);2*(H,6,7). The minimum Gasteiger partial charge on any atom is -0.475 e. The molecule has 0 radical (unpaired) electrons. The number of rotatable bonds is 4. The smallest absolute Gasteiger partial charge is 0.475 e. The molecule has 9 nitrogen and oxygen atoms in total. The number of carbonyl (C=O) groups is 3. The van der Waals surface area contributed by atoms with Gasteiger partial charge in [-0.1, -0.05) is 0 Å². The zero-order valence-electron chi connectivity index (χ0n) is 20.1. The molecule has 37 heavy (non-hydrogen) atoms. The van der Waals surface area contributed by atoms with E-state index in [4.69, 9.17) is 24.5 Å². The molecule has 2 fully saturated rings. The van der Waals surface area contributed by atoms with E-state index in [-0.39, 0.29) is 23.3 Å². The van der Waals surface area contributed by atoms with Crippen LogP contribution in [-0.2, 0) is 25.7 Å². The molecule has 0 aromatic carbocycles. The monoisotopic (exact) mass is 545 g/mol. The lowest BCUT2D eigenvalue weighted by molar-refractivity contribution is -0.193. The Balaban J connectivity index is 0.000000404. The Morgan fingerprint density at radius 3 is 1.92 bits per heavy atom. The van der Waals surface area contributed by atoms with Crippen molar-refractivity contribution in [1.29, 1.82) is 0 Å². The molecule has 3 N–H and O–H groups in total. The molecule has 2 saturated heterocycles. The van der Waals surface area contributed by atoms with Crippen molar-refractivity contribution in [2.75, 3.05) is 26.3 Å². The van der Waals surface area contributed by atoms with Crippen LogP contribution in [0.3, 0.4) is 0 Å². The topological polar surface area (TPSA) is 129 Å². The van der Waals surface area contributed by atoms with Crippen molar-refractivity contribution < 1.29 is 55.7 Å². The van der Waals surface area contributed by atoms with Crippen molar-refractivity contribution in [2.24, 2.45) is 11.3 Å². The van der Waals surface area contributed by atoms with Crippen LogP contribution in [-0.4, -0.2) is 82.6 Å². The van der Waals surface area contributed by atoms with Gasteiger partial charge >= 0.3 is 24.3 Å². The fourth-order valence-corrected chi connectivity index (χ4v) is 3.97. The number of hydrogen-bond acceptors (Lipinski definition) is 6. The lowest BCUT2D eigenvalue weighted by Crippen LogP contribution is -2.46. The summed E-state index contributed by atoms with van der Waals surface area (Å²) in [6, 6.07) is 4.30. The lowest BCUT2D eigenvalue weighted by Gasteiger charge is -2.37. The van der Waals surface area contributed by atoms with E-state index in [0.29, 0.717) is 0 Å². The first kappa shape index (κ1) is 32.1. The number of likely N-dealkylation sites (tertiary alicyclic amines) is 1. The molecule has 1 aromatic heterocycles. The number of hydrogen-bond donors (Lipinski definition) is 3. The third-order valence-electron chi connectivity index (χ3n) is 5.60. The zero-order valence-corrected chi connectivity index (χ0v) is 20.1.